The molecule has 0 bridgehead atoms. The predicted molar refractivity (Wildman–Crippen MR) is 82.5 cm³/mol. The summed E-state index contributed by atoms with van der Waals surface area (Å²) in [5, 5.41) is 17.5. The number of rotatable bonds is 9. The van der Waals surface area contributed by atoms with Crippen LogP contribution < -0.4 is 4.74 Å². The van der Waals surface area contributed by atoms with Gasteiger partial charge in [-0.15, -0.1) is 10.2 Å². The Labute approximate surface area is 132 Å². The molecular weight excluding hydrogens is 304 g/mol. The lowest BCUT2D eigenvalue weighted by atomic mass is 10.2. The van der Waals surface area contributed by atoms with Gasteiger partial charge in [-0.05, 0) is 25.0 Å². The zero-order chi connectivity index (χ0) is 15.8. The maximum absolute atomic E-state index is 11.0. The molecule has 2 aromatic rings. The molecule has 0 saturated carbocycles. The Morgan fingerprint density at radius 1 is 1.36 bits per heavy atom. The van der Waals surface area contributed by atoms with Crippen molar-refractivity contribution in [2.24, 2.45) is 0 Å². The molecule has 1 N–H and O–H groups in total. The van der Waals surface area contributed by atoms with E-state index in [0.717, 1.165) is 25.0 Å². The Morgan fingerprint density at radius 3 is 2.95 bits per heavy atom. The number of benzene rings is 1. The van der Waals surface area contributed by atoms with Gasteiger partial charge in [0.1, 0.15) is 11.3 Å². The molecule has 0 saturated heterocycles. The minimum atomic E-state index is -0.987. The first-order chi connectivity index (χ1) is 10.7. The molecule has 2 rings (SSSR count). The molecule has 0 aliphatic heterocycles. The van der Waals surface area contributed by atoms with Gasteiger partial charge < -0.3 is 14.3 Å². The van der Waals surface area contributed by atoms with Crippen molar-refractivity contribution in [1.82, 2.24) is 10.2 Å². The Kier molecular flexibility index (Phi) is 6.27. The molecule has 0 aliphatic rings. The number of aromatic carboxylic acids is 1. The fourth-order valence-electron chi connectivity index (χ4n) is 1.78. The average Bonchev–Trinajstić information content (AvgIpc) is 2.95. The Bertz CT molecular complexity index is 615. The number of thioether (sulfide) groups is 1. The molecular formula is C15H18N2O4S. The highest BCUT2D eigenvalue weighted by Crippen LogP contribution is 2.20. The highest BCUT2D eigenvalue weighted by atomic mass is 32.2. The summed E-state index contributed by atoms with van der Waals surface area (Å²) in [5.41, 5.74) is 0.177. The number of aryl methyl sites for hydroxylation is 1. The van der Waals surface area contributed by atoms with Crippen molar-refractivity contribution in [1.29, 1.82) is 0 Å². The lowest BCUT2D eigenvalue weighted by Gasteiger charge is -2.08. The maximum atomic E-state index is 11.0. The van der Waals surface area contributed by atoms with Gasteiger partial charge in [0.2, 0.25) is 5.89 Å². The first kappa shape index (κ1) is 16.4. The van der Waals surface area contributed by atoms with E-state index in [1.807, 2.05) is 0 Å². The fraction of sp³-hybridized carbons (Fsp3) is 0.400. The molecule has 0 aliphatic carbocycles. The number of ether oxygens (including phenoxy) is 1. The quantitative estimate of drug-likeness (QED) is 0.560. The van der Waals surface area contributed by atoms with E-state index in [1.165, 1.54) is 17.8 Å². The number of nitrogens with zero attached hydrogens (tertiary/aromatic N) is 2. The number of para-hydroxylation sites is 1. The zero-order valence-electron chi connectivity index (χ0n) is 12.3. The average molecular weight is 322 g/mol. The number of carboxylic acid groups (broad SMARTS) is 1. The van der Waals surface area contributed by atoms with Crippen LogP contribution in [0, 0.1) is 0 Å². The van der Waals surface area contributed by atoms with Gasteiger partial charge in [-0.2, -0.15) is 0 Å². The van der Waals surface area contributed by atoms with Crippen LogP contribution in [0.3, 0.4) is 0 Å². The van der Waals surface area contributed by atoms with E-state index in [4.69, 9.17) is 14.3 Å². The molecule has 0 radical (unpaired) electrons. The molecule has 1 heterocycles. The Morgan fingerprint density at radius 2 is 2.18 bits per heavy atom. The van der Waals surface area contributed by atoms with Gasteiger partial charge in [0.15, 0.2) is 0 Å². The third-order valence-corrected chi connectivity index (χ3v) is 3.71. The summed E-state index contributed by atoms with van der Waals surface area (Å²) in [6, 6.07) is 6.62. The second-order valence-electron chi connectivity index (χ2n) is 4.56. The van der Waals surface area contributed by atoms with Crippen LogP contribution in [0.2, 0.25) is 0 Å². The monoisotopic (exact) mass is 322 g/mol. The minimum absolute atomic E-state index is 0.177. The van der Waals surface area contributed by atoms with Gasteiger partial charge in [0, 0.05) is 12.2 Å². The fourth-order valence-corrected chi connectivity index (χ4v) is 2.47. The predicted octanol–water partition coefficient (Wildman–Crippen LogP) is 3.28. The van der Waals surface area contributed by atoms with Gasteiger partial charge in [0.05, 0.1) is 6.61 Å². The molecule has 118 valence electrons. The first-order valence-electron chi connectivity index (χ1n) is 7.11. The maximum Gasteiger partial charge on any atom is 0.339 e. The summed E-state index contributed by atoms with van der Waals surface area (Å²) in [6.45, 7) is 2.50. The van der Waals surface area contributed by atoms with E-state index in [9.17, 15) is 4.79 Å². The minimum Gasteiger partial charge on any atom is -0.493 e. The van der Waals surface area contributed by atoms with Crippen molar-refractivity contribution in [3.63, 3.8) is 0 Å². The Balaban J connectivity index is 1.72. The lowest BCUT2D eigenvalue weighted by molar-refractivity contribution is 0.0692. The van der Waals surface area contributed by atoms with E-state index in [0.29, 0.717) is 23.5 Å². The van der Waals surface area contributed by atoms with Crippen LogP contribution >= 0.6 is 11.8 Å². The van der Waals surface area contributed by atoms with Crippen LogP contribution in [0.15, 0.2) is 33.9 Å². The van der Waals surface area contributed by atoms with Crippen molar-refractivity contribution < 1.29 is 19.1 Å². The van der Waals surface area contributed by atoms with Crippen LogP contribution in [0.1, 0.15) is 36.0 Å². The molecule has 7 heteroatoms. The van der Waals surface area contributed by atoms with Crippen LogP contribution in [0.25, 0.3) is 0 Å². The molecule has 6 nitrogen and oxygen atoms in total. The SMILES string of the molecule is CCCc1nnc(SCCCOc2ccccc2C(=O)O)o1. The Hall–Kier alpha value is -2.02. The highest BCUT2D eigenvalue weighted by molar-refractivity contribution is 7.99. The number of hydrogen-bond donors (Lipinski definition) is 1. The molecule has 0 amide bonds. The van der Waals surface area contributed by atoms with E-state index in [2.05, 4.69) is 17.1 Å². The molecule has 22 heavy (non-hydrogen) atoms. The third-order valence-electron chi connectivity index (χ3n) is 2.80. The van der Waals surface area contributed by atoms with E-state index < -0.39 is 5.97 Å². The van der Waals surface area contributed by atoms with Crippen molar-refractivity contribution in [2.75, 3.05) is 12.4 Å². The molecule has 0 spiro atoms. The smallest absolute Gasteiger partial charge is 0.339 e. The van der Waals surface area contributed by atoms with Crippen LogP contribution in [-0.4, -0.2) is 33.6 Å². The normalized spacial score (nSPS) is 10.6. The second kappa shape index (κ2) is 8.43. The largest absolute Gasteiger partial charge is 0.493 e. The molecule has 1 aromatic carbocycles. The summed E-state index contributed by atoms with van der Waals surface area (Å²) >= 11 is 1.48. The van der Waals surface area contributed by atoms with Gasteiger partial charge in [0.25, 0.3) is 5.22 Å². The van der Waals surface area contributed by atoms with E-state index >= 15 is 0 Å². The molecule has 1 aromatic heterocycles. The van der Waals surface area contributed by atoms with Gasteiger partial charge in [-0.3, -0.25) is 0 Å². The number of aromatic nitrogens is 2. The summed E-state index contributed by atoms with van der Waals surface area (Å²) in [4.78, 5) is 11.0. The summed E-state index contributed by atoms with van der Waals surface area (Å²) in [7, 11) is 0. The highest BCUT2D eigenvalue weighted by Gasteiger charge is 2.10. The number of hydrogen-bond acceptors (Lipinski definition) is 6. The lowest BCUT2D eigenvalue weighted by Crippen LogP contribution is -2.04. The molecule has 0 atom stereocenters. The number of carboxylic acids is 1. The first-order valence-corrected chi connectivity index (χ1v) is 8.09. The van der Waals surface area contributed by atoms with E-state index in [-0.39, 0.29) is 5.56 Å². The van der Waals surface area contributed by atoms with Crippen LogP contribution in [0.4, 0.5) is 0 Å². The number of carbonyl (C=O) groups is 1. The summed E-state index contributed by atoms with van der Waals surface area (Å²) in [6.07, 6.45) is 2.52. The molecule has 0 fully saturated rings. The van der Waals surface area contributed by atoms with Crippen LogP contribution in [-0.2, 0) is 6.42 Å². The van der Waals surface area contributed by atoms with Gasteiger partial charge in [-0.25, -0.2) is 4.79 Å². The summed E-state index contributed by atoms with van der Waals surface area (Å²) in [5.74, 6) is 0.835. The van der Waals surface area contributed by atoms with Crippen LogP contribution in [0.5, 0.6) is 5.75 Å². The summed E-state index contributed by atoms with van der Waals surface area (Å²) < 4.78 is 11.0. The standard InChI is InChI=1S/C15H18N2O4S/c1-2-6-13-16-17-15(21-13)22-10-5-9-20-12-8-4-3-7-11(12)14(18)19/h3-4,7-8H,2,5-6,9-10H2,1H3,(H,18,19). The third kappa shape index (κ3) is 4.77. The van der Waals surface area contributed by atoms with Gasteiger partial charge >= 0.3 is 5.97 Å². The van der Waals surface area contributed by atoms with Crippen molar-refractivity contribution in [3.8, 4) is 5.75 Å². The van der Waals surface area contributed by atoms with Crippen molar-refractivity contribution in [2.45, 2.75) is 31.4 Å². The van der Waals surface area contributed by atoms with Gasteiger partial charge in [-0.1, -0.05) is 30.8 Å². The van der Waals surface area contributed by atoms with Crippen molar-refractivity contribution in [3.05, 3.63) is 35.7 Å². The van der Waals surface area contributed by atoms with E-state index in [1.54, 1.807) is 18.2 Å². The topological polar surface area (TPSA) is 85.5 Å². The molecule has 0 unspecified atom stereocenters. The van der Waals surface area contributed by atoms with Crippen molar-refractivity contribution >= 4 is 17.7 Å². The zero-order valence-corrected chi connectivity index (χ0v) is 13.1. The second-order valence-corrected chi connectivity index (χ2v) is 5.61.